The van der Waals surface area contributed by atoms with Crippen LogP contribution >= 0.6 is 0 Å². The number of hydrazone groups is 1. The molecular weight excluding hydrogens is 500 g/mol. The number of amides is 3. The molecule has 10 heteroatoms. The molecule has 0 aromatic heterocycles. The van der Waals surface area contributed by atoms with Crippen LogP contribution in [0.5, 0.6) is 17.2 Å². The Bertz CT molecular complexity index is 1340. The van der Waals surface area contributed by atoms with Gasteiger partial charge < -0.3 is 24.8 Å². The molecule has 0 fully saturated rings. The molecule has 0 spiro atoms. The van der Waals surface area contributed by atoms with Crippen LogP contribution in [0.3, 0.4) is 0 Å². The number of rotatable bonds is 12. The third-order valence-corrected chi connectivity index (χ3v) is 4.99. The highest BCUT2D eigenvalue weighted by atomic mass is 16.5. The minimum Gasteiger partial charge on any atom is -0.490 e. The molecule has 39 heavy (non-hydrogen) atoms. The van der Waals surface area contributed by atoms with Gasteiger partial charge in [0.1, 0.15) is 12.4 Å². The Morgan fingerprint density at radius 2 is 1.67 bits per heavy atom. The molecule has 0 aliphatic rings. The summed E-state index contributed by atoms with van der Waals surface area (Å²) in [5, 5.41) is 9.09. The van der Waals surface area contributed by atoms with Gasteiger partial charge in [-0.25, -0.2) is 5.43 Å². The maximum Gasteiger partial charge on any atom is 0.329 e. The number of anilines is 2. The fraction of sp³-hybridized carbons (Fsp3) is 0.172. The summed E-state index contributed by atoms with van der Waals surface area (Å²) < 4.78 is 16.6. The van der Waals surface area contributed by atoms with Gasteiger partial charge in [0.15, 0.2) is 18.1 Å². The van der Waals surface area contributed by atoms with E-state index in [2.05, 4.69) is 27.7 Å². The summed E-state index contributed by atoms with van der Waals surface area (Å²) in [4.78, 5) is 36.5. The Kier molecular flexibility index (Phi) is 10.6. The topological polar surface area (TPSA) is 127 Å². The molecule has 3 rings (SSSR count). The molecule has 10 nitrogen and oxygen atoms in total. The van der Waals surface area contributed by atoms with E-state index in [0.717, 1.165) is 5.56 Å². The maximum atomic E-state index is 12.3. The number of ether oxygens (including phenoxy) is 3. The second-order valence-electron chi connectivity index (χ2n) is 8.12. The Labute approximate surface area is 226 Å². The zero-order chi connectivity index (χ0) is 28.0. The summed E-state index contributed by atoms with van der Waals surface area (Å²) >= 11 is 0. The van der Waals surface area contributed by atoms with Gasteiger partial charge in [-0.05, 0) is 79.6 Å². The number of hydrogen-bond donors (Lipinski definition) is 3. The standard InChI is InChI=1S/C29H30N4O6/c1-4-15-38-24-12-10-22(11-13-24)32-28(35)29(36)33-30-18-21-9-14-25(26(17-21)37-5-2)39-19-27(34)31-23-8-6-7-20(3)16-23/h4,6-14,16-18H,1,5,15,19H2,2-3H3,(H,31,34)(H,32,35)(H,33,36)/b30-18-. The number of hydrogen-bond acceptors (Lipinski definition) is 7. The molecule has 0 aliphatic carbocycles. The number of carbonyl (C=O) groups excluding carboxylic acids is 3. The van der Waals surface area contributed by atoms with E-state index >= 15 is 0 Å². The molecule has 0 unspecified atom stereocenters. The summed E-state index contributed by atoms with van der Waals surface area (Å²) in [7, 11) is 0. The van der Waals surface area contributed by atoms with Gasteiger partial charge in [0.05, 0.1) is 12.8 Å². The molecule has 3 aromatic carbocycles. The predicted octanol–water partition coefficient (Wildman–Crippen LogP) is 4.06. The van der Waals surface area contributed by atoms with Gasteiger partial charge in [0.2, 0.25) is 0 Å². The van der Waals surface area contributed by atoms with Crippen LogP contribution < -0.4 is 30.3 Å². The molecule has 3 amide bonds. The zero-order valence-corrected chi connectivity index (χ0v) is 21.7. The lowest BCUT2D eigenvalue weighted by molar-refractivity contribution is -0.136. The lowest BCUT2D eigenvalue weighted by atomic mass is 10.2. The summed E-state index contributed by atoms with van der Waals surface area (Å²) in [6.45, 7) is 7.84. The van der Waals surface area contributed by atoms with Crippen LogP contribution in [0.1, 0.15) is 18.1 Å². The molecule has 0 heterocycles. The smallest absolute Gasteiger partial charge is 0.329 e. The number of benzene rings is 3. The summed E-state index contributed by atoms with van der Waals surface area (Å²) in [5.74, 6) is -0.758. The van der Waals surface area contributed by atoms with Crippen molar-refractivity contribution in [2.75, 3.05) is 30.5 Å². The summed E-state index contributed by atoms with van der Waals surface area (Å²) in [5.41, 5.74) is 4.89. The maximum absolute atomic E-state index is 12.3. The molecule has 3 N–H and O–H groups in total. The third kappa shape index (κ3) is 9.36. The van der Waals surface area contributed by atoms with Crippen molar-refractivity contribution in [2.45, 2.75) is 13.8 Å². The van der Waals surface area contributed by atoms with Crippen LogP contribution in [0, 0.1) is 6.92 Å². The number of nitrogens with one attached hydrogen (secondary N) is 3. The monoisotopic (exact) mass is 530 g/mol. The van der Waals surface area contributed by atoms with E-state index in [9.17, 15) is 14.4 Å². The van der Waals surface area contributed by atoms with Crippen LogP contribution in [0.4, 0.5) is 11.4 Å². The van der Waals surface area contributed by atoms with Crippen LogP contribution in [0.2, 0.25) is 0 Å². The average Bonchev–Trinajstić information content (AvgIpc) is 2.92. The van der Waals surface area contributed by atoms with Crippen molar-refractivity contribution in [2.24, 2.45) is 5.10 Å². The van der Waals surface area contributed by atoms with Crippen LogP contribution in [-0.4, -0.2) is 43.8 Å². The second-order valence-corrected chi connectivity index (χ2v) is 8.12. The first-order valence-corrected chi connectivity index (χ1v) is 12.1. The van der Waals surface area contributed by atoms with Crippen LogP contribution in [0.15, 0.2) is 84.5 Å². The Morgan fingerprint density at radius 3 is 2.38 bits per heavy atom. The molecule has 3 aromatic rings. The SMILES string of the molecule is C=CCOc1ccc(NC(=O)C(=O)N/N=C\c2ccc(OCC(=O)Nc3cccc(C)c3)c(OCC)c2)cc1. The van der Waals surface area contributed by atoms with E-state index in [1.807, 2.05) is 32.0 Å². The molecule has 0 radical (unpaired) electrons. The lowest BCUT2D eigenvalue weighted by Gasteiger charge is -2.13. The largest absolute Gasteiger partial charge is 0.490 e. The average molecular weight is 531 g/mol. The molecule has 0 atom stereocenters. The Balaban J connectivity index is 1.52. The van der Waals surface area contributed by atoms with Gasteiger partial charge in [0, 0.05) is 11.4 Å². The van der Waals surface area contributed by atoms with E-state index in [1.165, 1.54) is 6.21 Å². The van der Waals surface area contributed by atoms with Crippen molar-refractivity contribution in [3.8, 4) is 17.2 Å². The number of aryl methyl sites for hydroxylation is 1. The summed E-state index contributed by atoms with van der Waals surface area (Å²) in [6.07, 6.45) is 2.97. The molecule has 202 valence electrons. The highest BCUT2D eigenvalue weighted by Crippen LogP contribution is 2.28. The first-order chi connectivity index (χ1) is 18.9. The van der Waals surface area contributed by atoms with Gasteiger partial charge in [-0.1, -0.05) is 24.8 Å². The highest BCUT2D eigenvalue weighted by Gasteiger charge is 2.13. The van der Waals surface area contributed by atoms with Gasteiger partial charge in [0.25, 0.3) is 5.91 Å². The van der Waals surface area contributed by atoms with Crippen molar-refractivity contribution in [1.29, 1.82) is 0 Å². The fourth-order valence-electron chi connectivity index (χ4n) is 3.25. The Hall–Kier alpha value is -5.12. The number of nitrogens with zero attached hydrogens (tertiary/aromatic N) is 1. The highest BCUT2D eigenvalue weighted by molar-refractivity contribution is 6.39. The zero-order valence-electron chi connectivity index (χ0n) is 21.7. The van der Waals surface area contributed by atoms with Crippen molar-refractivity contribution < 1.29 is 28.6 Å². The van der Waals surface area contributed by atoms with Crippen LogP contribution in [0.25, 0.3) is 0 Å². The first-order valence-electron chi connectivity index (χ1n) is 12.1. The van der Waals surface area contributed by atoms with Crippen molar-refractivity contribution in [3.63, 3.8) is 0 Å². The van der Waals surface area contributed by atoms with E-state index < -0.39 is 11.8 Å². The molecule has 0 aliphatic heterocycles. The predicted molar refractivity (Wildman–Crippen MR) is 149 cm³/mol. The van der Waals surface area contributed by atoms with Crippen molar-refractivity contribution >= 4 is 35.3 Å². The first kappa shape index (κ1) is 28.5. The molecular formula is C29H30N4O6. The Morgan fingerprint density at radius 1 is 0.872 bits per heavy atom. The summed E-state index contributed by atoms with van der Waals surface area (Å²) in [6, 6.07) is 18.9. The fourth-order valence-corrected chi connectivity index (χ4v) is 3.25. The van der Waals surface area contributed by atoms with Gasteiger partial charge in [-0.3, -0.25) is 14.4 Å². The van der Waals surface area contributed by atoms with E-state index in [0.29, 0.717) is 47.4 Å². The van der Waals surface area contributed by atoms with Gasteiger partial charge >= 0.3 is 11.8 Å². The normalized spacial score (nSPS) is 10.4. The van der Waals surface area contributed by atoms with Gasteiger partial charge in [-0.15, -0.1) is 0 Å². The van der Waals surface area contributed by atoms with Gasteiger partial charge in [-0.2, -0.15) is 5.10 Å². The minimum atomic E-state index is -0.942. The van der Waals surface area contributed by atoms with Crippen molar-refractivity contribution in [1.82, 2.24) is 5.43 Å². The van der Waals surface area contributed by atoms with Crippen molar-refractivity contribution in [3.05, 3.63) is 90.5 Å². The lowest BCUT2D eigenvalue weighted by Crippen LogP contribution is -2.32. The minimum absolute atomic E-state index is 0.211. The number of carbonyl (C=O) groups is 3. The van der Waals surface area contributed by atoms with Crippen LogP contribution in [-0.2, 0) is 14.4 Å². The van der Waals surface area contributed by atoms with E-state index in [-0.39, 0.29) is 12.5 Å². The molecule has 0 saturated carbocycles. The second kappa shape index (κ2) is 14.6. The third-order valence-electron chi connectivity index (χ3n) is 4.99. The molecule has 0 saturated heterocycles. The van der Waals surface area contributed by atoms with E-state index in [4.69, 9.17) is 14.2 Å². The molecule has 0 bridgehead atoms. The van der Waals surface area contributed by atoms with E-state index in [1.54, 1.807) is 54.6 Å². The quantitative estimate of drug-likeness (QED) is 0.140.